The molecule has 0 radical (unpaired) electrons. The van der Waals surface area contributed by atoms with Crippen molar-refractivity contribution in [3.63, 3.8) is 0 Å². The van der Waals surface area contributed by atoms with Crippen LogP contribution in [0.4, 0.5) is 0 Å². The molecule has 2 aliphatic rings. The first-order valence-electron chi connectivity index (χ1n) is 5.45. The molecule has 6 heteroatoms. The minimum atomic E-state index is -3.56. The summed E-state index contributed by atoms with van der Waals surface area (Å²) in [7, 11) is -3.56. The fourth-order valence-corrected chi connectivity index (χ4v) is 4.99. The Bertz CT molecular complexity index is 441. The topological polar surface area (TPSA) is 92.8 Å². The van der Waals surface area contributed by atoms with Gasteiger partial charge in [0, 0.05) is 5.41 Å². The summed E-state index contributed by atoms with van der Waals surface area (Å²) in [5.41, 5.74) is -0.0937. The smallest absolute Gasteiger partial charge is 0.210 e. The third-order valence-corrected chi connectivity index (χ3v) is 5.63. The Kier molecular flexibility index (Phi) is 2.37. The van der Waals surface area contributed by atoms with Gasteiger partial charge in [0.15, 0.2) is 0 Å². The van der Waals surface area contributed by atoms with E-state index >= 15 is 0 Å². The van der Waals surface area contributed by atoms with Crippen LogP contribution in [0.25, 0.3) is 0 Å². The maximum atomic E-state index is 11.4. The number of oxime groups is 1. The molecule has 0 aromatic heterocycles. The van der Waals surface area contributed by atoms with Crippen LogP contribution in [0.2, 0.25) is 0 Å². The van der Waals surface area contributed by atoms with E-state index in [0.29, 0.717) is 18.1 Å². The lowest BCUT2D eigenvalue weighted by atomic mass is 9.70. The van der Waals surface area contributed by atoms with Gasteiger partial charge < -0.3 is 5.21 Å². The van der Waals surface area contributed by atoms with Gasteiger partial charge in [-0.1, -0.05) is 19.0 Å². The minimum Gasteiger partial charge on any atom is -0.411 e. The lowest BCUT2D eigenvalue weighted by Crippen LogP contribution is -2.44. The number of hydrogen-bond donors (Lipinski definition) is 2. The molecule has 2 atom stereocenters. The van der Waals surface area contributed by atoms with Crippen LogP contribution in [-0.4, -0.2) is 25.1 Å². The molecule has 2 bridgehead atoms. The Morgan fingerprint density at radius 3 is 2.62 bits per heavy atom. The van der Waals surface area contributed by atoms with E-state index in [1.165, 1.54) is 0 Å². The molecule has 3 N–H and O–H groups in total. The maximum absolute atomic E-state index is 11.4. The Morgan fingerprint density at radius 1 is 1.56 bits per heavy atom. The normalized spacial score (nSPS) is 39.4. The molecule has 2 saturated carbocycles. The molecular weight excluding hydrogens is 228 g/mol. The van der Waals surface area contributed by atoms with Crippen molar-refractivity contribution in [3.8, 4) is 0 Å². The van der Waals surface area contributed by atoms with Crippen molar-refractivity contribution in [3.05, 3.63) is 0 Å². The van der Waals surface area contributed by atoms with Crippen LogP contribution >= 0.6 is 0 Å². The predicted octanol–water partition coefficient (Wildman–Crippen LogP) is 0.931. The van der Waals surface area contributed by atoms with Gasteiger partial charge in [-0.15, -0.1) is 0 Å². The number of nitrogens with zero attached hydrogens (tertiary/aromatic N) is 1. The van der Waals surface area contributed by atoms with E-state index in [0.717, 1.165) is 12.8 Å². The van der Waals surface area contributed by atoms with E-state index < -0.39 is 15.4 Å². The van der Waals surface area contributed by atoms with Crippen LogP contribution in [0.15, 0.2) is 5.16 Å². The molecule has 2 rings (SSSR count). The first kappa shape index (κ1) is 11.9. The second-order valence-electron chi connectivity index (χ2n) is 5.60. The number of primary sulfonamides is 1. The van der Waals surface area contributed by atoms with Crippen LogP contribution in [0.5, 0.6) is 0 Å². The highest BCUT2D eigenvalue weighted by Gasteiger charge is 2.64. The summed E-state index contributed by atoms with van der Waals surface area (Å²) in [5, 5.41) is 17.5. The van der Waals surface area contributed by atoms with Gasteiger partial charge in [-0.2, -0.15) is 0 Å². The maximum Gasteiger partial charge on any atom is 0.210 e. The van der Waals surface area contributed by atoms with Crippen molar-refractivity contribution in [1.29, 1.82) is 0 Å². The molecule has 2 fully saturated rings. The van der Waals surface area contributed by atoms with Gasteiger partial charge in [-0.3, -0.25) is 0 Å². The molecule has 0 aromatic rings. The number of fused-ring (bicyclic) bond motifs is 2. The predicted molar refractivity (Wildman–Crippen MR) is 60.8 cm³/mol. The lowest BCUT2D eigenvalue weighted by Gasteiger charge is -2.36. The summed E-state index contributed by atoms with van der Waals surface area (Å²) in [5.74, 6) is 0.295. The molecule has 2 unspecified atom stereocenters. The minimum absolute atomic E-state index is 0.108. The Hall–Kier alpha value is -0.620. The van der Waals surface area contributed by atoms with E-state index in [1.54, 1.807) is 0 Å². The van der Waals surface area contributed by atoms with Gasteiger partial charge in [0.05, 0.1) is 11.5 Å². The molecule has 0 saturated heterocycles. The Morgan fingerprint density at radius 2 is 2.19 bits per heavy atom. The lowest BCUT2D eigenvalue weighted by molar-refractivity contribution is 0.192. The fraction of sp³-hybridized carbons (Fsp3) is 0.900. The Labute approximate surface area is 95.8 Å². The van der Waals surface area contributed by atoms with Crippen LogP contribution in [-0.2, 0) is 10.0 Å². The fourth-order valence-electron chi connectivity index (χ4n) is 3.62. The van der Waals surface area contributed by atoms with Crippen molar-refractivity contribution < 1.29 is 13.6 Å². The second-order valence-corrected chi connectivity index (χ2v) is 7.21. The number of hydrogen-bond acceptors (Lipinski definition) is 4. The largest absolute Gasteiger partial charge is 0.411 e. The highest BCUT2D eigenvalue weighted by atomic mass is 32.2. The third kappa shape index (κ3) is 1.39. The summed E-state index contributed by atoms with van der Waals surface area (Å²) in [4.78, 5) is 0. The first-order valence-corrected chi connectivity index (χ1v) is 7.16. The molecule has 16 heavy (non-hydrogen) atoms. The number of sulfonamides is 1. The number of rotatable bonds is 2. The van der Waals surface area contributed by atoms with E-state index in [1.807, 2.05) is 13.8 Å². The molecule has 5 nitrogen and oxygen atoms in total. The van der Waals surface area contributed by atoms with Crippen LogP contribution in [0.3, 0.4) is 0 Å². The van der Waals surface area contributed by atoms with Gasteiger partial charge in [-0.25, -0.2) is 13.6 Å². The standard InChI is InChI=1S/C10H18N2O3S/c1-9(2)7-3-4-10(9,6-16(11,14)15)8(5-7)12-13/h7,13H,3-6H2,1-2H3,(H2,11,14,15)/b12-8+. The van der Waals surface area contributed by atoms with Crippen molar-refractivity contribution >= 4 is 15.7 Å². The molecule has 2 aliphatic carbocycles. The van der Waals surface area contributed by atoms with Crippen molar-refractivity contribution in [2.75, 3.05) is 5.75 Å². The van der Waals surface area contributed by atoms with E-state index in [9.17, 15) is 8.42 Å². The Balaban J connectivity index is 2.49. The summed E-state index contributed by atoms with van der Waals surface area (Å²) in [6.45, 7) is 4.10. The van der Waals surface area contributed by atoms with Crippen LogP contribution < -0.4 is 5.14 Å². The number of nitrogens with two attached hydrogens (primary N) is 1. The molecular formula is C10H18N2O3S. The molecule has 92 valence electrons. The summed E-state index contributed by atoms with van der Waals surface area (Å²) in [6.07, 6.45) is 2.43. The van der Waals surface area contributed by atoms with Crippen molar-refractivity contribution in [1.82, 2.24) is 0 Å². The van der Waals surface area contributed by atoms with Crippen molar-refractivity contribution in [2.24, 2.45) is 27.0 Å². The quantitative estimate of drug-likeness (QED) is 0.560. The van der Waals surface area contributed by atoms with Gasteiger partial charge in [0.2, 0.25) is 10.0 Å². The van der Waals surface area contributed by atoms with E-state index in [4.69, 9.17) is 10.3 Å². The monoisotopic (exact) mass is 246 g/mol. The molecule has 0 heterocycles. The second kappa shape index (κ2) is 3.20. The average Bonchev–Trinajstić information content (AvgIpc) is 2.47. The van der Waals surface area contributed by atoms with Crippen LogP contribution in [0, 0.1) is 16.7 Å². The van der Waals surface area contributed by atoms with Gasteiger partial charge in [-0.05, 0) is 30.6 Å². The highest BCUT2D eigenvalue weighted by molar-refractivity contribution is 7.89. The highest BCUT2D eigenvalue weighted by Crippen LogP contribution is 2.64. The van der Waals surface area contributed by atoms with Gasteiger partial charge in [0.1, 0.15) is 0 Å². The SMILES string of the molecule is CC1(C)C2CCC1(CS(N)(=O)=O)/C(=N/O)C2. The summed E-state index contributed by atoms with van der Waals surface area (Å²) >= 11 is 0. The molecule has 0 aromatic carbocycles. The van der Waals surface area contributed by atoms with Gasteiger partial charge >= 0.3 is 0 Å². The van der Waals surface area contributed by atoms with Crippen molar-refractivity contribution in [2.45, 2.75) is 33.1 Å². The first-order chi connectivity index (χ1) is 7.23. The van der Waals surface area contributed by atoms with E-state index in [-0.39, 0.29) is 11.2 Å². The molecule has 0 aliphatic heterocycles. The molecule has 0 spiro atoms. The zero-order valence-electron chi connectivity index (χ0n) is 9.60. The zero-order chi connectivity index (χ0) is 12.2. The van der Waals surface area contributed by atoms with Gasteiger partial charge in [0.25, 0.3) is 0 Å². The zero-order valence-corrected chi connectivity index (χ0v) is 10.4. The summed E-state index contributed by atoms with van der Waals surface area (Å²) < 4.78 is 22.7. The van der Waals surface area contributed by atoms with E-state index in [2.05, 4.69) is 5.16 Å². The third-order valence-electron chi connectivity index (χ3n) is 4.73. The molecule has 0 amide bonds. The van der Waals surface area contributed by atoms with Crippen LogP contribution in [0.1, 0.15) is 33.1 Å². The average molecular weight is 246 g/mol. The summed E-state index contributed by atoms with van der Waals surface area (Å²) in [6, 6.07) is 0.